The van der Waals surface area contributed by atoms with E-state index in [1.807, 2.05) is 20.8 Å². The number of halogens is 1. The standard InChI is InChI=1S/C19H20FN7O/c1-19(2,3)27-18-12(16(21)23-8-24-18)14(25-27)15-13(20)10-6-5-9(17(22)28)7-11(10)26(15)4/h5-8H,1-4H3,(H2,22,28)(H2,21,23,24). The van der Waals surface area contributed by atoms with Gasteiger partial charge in [-0.25, -0.2) is 19.0 Å². The molecular formula is C19H20FN7O. The second kappa shape index (κ2) is 5.75. The SMILES string of the molecule is Cn1c(-c2nn(C(C)(C)C)c3ncnc(N)c23)c(F)c2ccc(C(N)=O)cc21. The van der Waals surface area contributed by atoms with Crippen molar-refractivity contribution in [3.05, 3.63) is 35.9 Å². The molecule has 3 heterocycles. The zero-order chi connectivity index (χ0) is 20.4. The fourth-order valence-electron chi connectivity index (χ4n) is 3.41. The van der Waals surface area contributed by atoms with Crippen molar-refractivity contribution in [2.45, 2.75) is 26.3 Å². The lowest BCUT2D eigenvalue weighted by Gasteiger charge is -2.19. The van der Waals surface area contributed by atoms with Crippen molar-refractivity contribution < 1.29 is 9.18 Å². The molecule has 0 fully saturated rings. The Morgan fingerprint density at radius 3 is 2.57 bits per heavy atom. The molecule has 144 valence electrons. The Morgan fingerprint density at radius 1 is 1.21 bits per heavy atom. The van der Waals surface area contributed by atoms with E-state index in [0.29, 0.717) is 33.2 Å². The number of rotatable bonds is 2. The first kappa shape index (κ1) is 17.9. The van der Waals surface area contributed by atoms with Crippen LogP contribution in [0.5, 0.6) is 0 Å². The number of hydrogen-bond donors (Lipinski definition) is 2. The van der Waals surface area contributed by atoms with Crippen LogP contribution in [-0.2, 0) is 12.6 Å². The summed E-state index contributed by atoms with van der Waals surface area (Å²) in [6, 6.07) is 4.60. The minimum absolute atomic E-state index is 0.220. The average molecular weight is 381 g/mol. The van der Waals surface area contributed by atoms with Crippen LogP contribution in [0.25, 0.3) is 33.3 Å². The predicted octanol–water partition coefficient (Wildman–Crippen LogP) is 2.56. The number of amides is 1. The summed E-state index contributed by atoms with van der Waals surface area (Å²) >= 11 is 0. The van der Waals surface area contributed by atoms with Crippen LogP contribution in [-0.4, -0.2) is 30.2 Å². The van der Waals surface area contributed by atoms with Crippen LogP contribution in [0.15, 0.2) is 24.5 Å². The number of aromatic nitrogens is 5. The predicted molar refractivity (Wildman–Crippen MR) is 105 cm³/mol. The van der Waals surface area contributed by atoms with E-state index in [4.69, 9.17) is 11.5 Å². The Kier molecular flexibility index (Phi) is 3.68. The molecule has 0 saturated carbocycles. The molecule has 0 saturated heterocycles. The van der Waals surface area contributed by atoms with E-state index in [2.05, 4.69) is 15.1 Å². The summed E-state index contributed by atoms with van der Waals surface area (Å²) in [5, 5.41) is 5.49. The molecule has 3 aromatic heterocycles. The van der Waals surface area contributed by atoms with Crippen LogP contribution in [0.3, 0.4) is 0 Å². The highest BCUT2D eigenvalue weighted by atomic mass is 19.1. The first-order valence-electron chi connectivity index (χ1n) is 8.69. The molecule has 0 aliphatic rings. The van der Waals surface area contributed by atoms with Crippen molar-refractivity contribution in [2.24, 2.45) is 12.8 Å². The second-order valence-electron chi connectivity index (χ2n) is 7.71. The van der Waals surface area contributed by atoms with Gasteiger partial charge in [0.1, 0.15) is 23.5 Å². The summed E-state index contributed by atoms with van der Waals surface area (Å²) in [5.74, 6) is -0.819. The summed E-state index contributed by atoms with van der Waals surface area (Å²) in [4.78, 5) is 19.9. The molecular weight excluding hydrogens is 361 g/mol. The maximum absolute atomic E-state index is 15.4. The van der Waals surface area contributed by atoms with Crippen molar-refractivity contribution >= 4 is 33.7 Å². The maximum atomic E-state index is 15.4. The molecule has 4 N–H and O–H groups in total. The number of nitrogen functional groups attached to an aromatic ring is 1. The van der Waals surface area contributed by atoms with Crippen LogP contribution < -0.4 is 11.5 Å². The molecule has 0 aliphatic heterocycles. The van der Waals surface area contributed by atoms with Crippen molar-refractivity contribution in [2.75, 3.05) is 5.73 Å². The Morgan fingerprint density at radius 2 is 1.93 bits per heavy atom. The average Bonchev–Trinajstić information content (AvgIpc) is 3.12. The fourth-order valence-corrected chi connectivity index (χ4v) is 3.41. The number of hydrogen-bond acceptors (Lipinski definition) is 5. The smallest absolute Gasteiger partial charge is 0.248 e. The van der Waals surface area contributed by atoms with E-state index in [-0.39, 0.29) is 11.5 Å². The number of fused-ring (bicyclic) bond motifs is 2. The first-order chi connectivity index (χ1) is 13.1. The van der Waals surface area contributed by atoms with Gasteiger partial charge in [0.25, 0.3) is 0 Å². The number of primary amides is 1. The van der Waals surface area contributed by atoms with Gasteiger partial charge in [-0.15, -0.1) is 0 Å². The lowest BCUT2D eigenvalue weighted by atomic mass is 10.1. The quantitative estimate of drug-likeness (QED) is 0.553. The third-order valence-electron chi connectivity index (χ3n) is 4.78. The Balaban J connectivity index is 2.12. The first-order valence-corrected chi connectivity index (χ1v) is 8.69. The van der Waals surface area contributed by atoms with Gasteiger partial charge in [-0.2, -0.15) is 5.10 Å². The third kappa shape index (κ3) is 2.43. The lowest BCUT2D eigenvalue weighted by Crippen LogP contribution is -2.23. The van der Waals surface area contributed by atoms with Gasteiger partial charge in [-0.05, 0) is 39.0 Å². The summed E-state index contributed by atoms with van der Waals surface area (Å²) in [6.07, 6.45) is 1.36. The summed E-state index contributed by atoms with van der Waals surface area (Å²) < 4.78 is 18.8. The van der Waals surface area contributed by atoms with Crippen molar-refractivity contribution in [1.82, 2.24) is 24.3 Å². The number of carbonyl (C=O) groups is 1. The Bertz CT molecular complexity index is 1260. The molecule has 0 bridgehead atoms. The lowest BCUT2D eigenvalue weighted by molar-refractivity contribution is 0.100. The van der Waals surface area contributed by atoms with Gasteiger partial charge in [0.05, 0.1) is 16.4 Å². The topological polar surface area (TPSA) is 118 Å². The van der Waals surface area contributed by atoms with Crippen LogP contribution in [0.1, 0.15) is 31.1 Å². The number of anilines is 1. The molecule has 0 aliphatic carbocycles. The van der Waals surface area contributed by atoms with Gasteiger partial charge in [0.2, 0.25) is 5.91 Å². The summed E-state index contributed by atoms with van der Waals surface area (Å²) in [7, 11) is 1.70. The van der Waals surface area contributed by atoms with Crippen molar-refractivity contribution in [3.8, 4) is 11.4 Å². The van der Waals surface area contributed by atoms with Crippen molar-refractivity contribution in [1.29, 1.82) is 0 Å². The minimum atomic E-state index is -0.579. The molecule has 28 heavy (non-hydrogen) atoms. The summed E-state index contributed by atoms with van der Waals surface area (Å²) in [5.41, 5.74) is 13.0. The Labute approximate surface area is 160 Å². The van der Waals surface area contributed by atoms with Gasteiger partial charge in [0, 0.05) is 18.0 Å². The van der Waals surface area contributed by atoms with Crippen LogP contribution in [0.2, 0.25) is 0 Å². The highest BCUT2D eigenvalue weighted by Gasteiger charge is 2.28. The normalized spacial score (nSPS) is 12.2. The van der Waals surface area contributed by atoms with Gasteiger partial charge in [0.15, 0.2) is 11.5 Å². The van der Waals surface area contributed by atoms with E-state index in [0.717, 1.165) is 0 Å². The molecule has 0 radical (unpaired) electrons. The molecule has 0 spiro atoms. The molecule has 4 rings (SSSR count). The molecule has 0 unspecified atom stereocenters. The largest absolute Gasteiger partial charge is 0.383 e. The fraction of sp³-hybridized carbons (Fsp3) is 0.263. The van der Waals surface area contributed by atoms with Gasteiger partial charge < -0.3 is 16.0 Å². The van der Waals surface area contributed by atoms with Gasteiger partial charge >= 0.3 is 0 Å². The van der Waals surface area contributed by atoms with Gasteiger partial charge in [-0.3, -0.25) is 4.79 Å². The van der Waals surface area contributed by atoms with E-state index < -0.39 is 17.3 Å². The number of carbonyl (C=O) groups excluding carboxylic acids is 1. The molecule has 1 aromatic carbocycles. The van der Waals surface area contributed by atoms with E-state index >= 15 is 4.39 Å². The molecule has 1 amide bonds. The third-order valence-corrected chi connectivity index (χ3v) is 4.78. The zero-order valence-electron chi connectivity index (χ0n) is 16.0. The highest BCUT2D eigenvalue weighted by molar-refractivity contribution is 6.02. The maximum Gasteiger partial charge on any atom is 0.248 e. The highest BCUT2D eigenvalue weighted by Crippen LogP contribution is 2.37. The van der Waals surface area contributed by atoms with Crippen molar-refractivity contribution in [3.63, 3.8) is 0 Å². The number of nitrogens with zero attached hydrogens (tertiary/aromatic N) is 5. The van der Waals surface area contributed by atoms with E-state index in [1.54, 1.807) is 22.4 Å². The number of aryl methyl sites for hydroxylation is 1. The van der Waals surface area contributed by atoms with Gasteiger partial charge in [-0.1, -0.05) is 0 Å². The second-order valence-corrected chi connectivity index (χ2v) is 7.71. The molecule has 4 aromatic rings. The monoisotopic (exact) mass is 381 g/mol. The Hall–Kier alpha value is -3.49. The zero-order valence-corrected chi connectivity index (χ0v) is 16.0. The van der Waals surface area contributed by atoms with E-state index in [9.17, 15) is 4.79 Å². The number of benzene rings is 1. The van der Waals surface area contributed by atoms with Crippen LogP contribution >= 0.6 is 0 Å². The van der Waals surface area contributed by atoms with Crippen LogP contribution in [0, 0.1) is 5.82 Å². The van der Waals surface area contributed by atoms with Crippen LogP contribution in [0.4, 0.5) is 10.2 Å². The summed E-state index contributed by atoms with van der Waals surface area (Å²) in [6.45, 7) is 5.91. The minimum Gasteiger partial charge on any atom is -0.383 e. The molecule has 9 heteroatoms. The number of nitrogens with two attached hydrogens (primary N) is 2. The molecule has 0 atom stereocenters. The van der Waals surface area contributed by atoms with E-state index in [1.165, 1.54) is 18.5 Å². The molecule has 8 nitrogen and oxygen atoms in total.